The minimum absolute atomic E-state index is 0.272. The van der Waals surface area contributed by atoms with E-state index in [-0.39, 0.29) is 5.91 Å². The second kappa shape index (κ2) is 7.74. The van der Waals surface area contributed by atoms with Gasteiger partial charge in [0.2, 0.25) is 0 Å². The van der Waals surface area contributed by atoms with Crippen LogP contribution < -0.4 is 5.32 Å². The molecular weight excluding hydrogens is 387 g/mol. The Hall–Kier alpha value is -2.31. The second-order valence-electron chi connectivity index (χ2n) is 6.61. The molecular formula is C19H18Cl2N4O2. The summed E-state index contributed by atoms with van der Waals surface area (Å²) in [5, 5.41) is 12.3. The van der Waals surface area contributed by atoms with E-state index in [1.165, 1.54) is 0 Å². The molecule has 0 unspecified atom stereocenters. The molecule has 0 saturated carbocycles. The van der Waals surface area contributed by atoms with Crippen molar-refractivity contribution >= 4 is 34.8 Å². The SMILES string of the molecule is O=C(Nc1cnn(Cc2ccc(Cl)cc2Cl)c1)c1noc2c1CCCCC2. The zero-order valence-electron chi connectivity index (χ0n) is 14.5. The lowest BCUT2D eigenvalue weighted by Crippen LogP contribution is -2.14. The third-order valence-electron chi connectivity index (χ3n) is 4.65. The maximum absolute atomic E-state index is 12.6. The van der Waals surface area contributed by atoms with Crippen molar-refractivity contribution in [1.29, 1.82) is 0 Å². The van der Waals surface area contributed by atoms with Crippen LogP contribution in [0.25, 0.3) is 0 Å². The molecule has 1 amide bonds. The molecule has 1 N–H and O–H groups in total. The predicted molar refractivity (Wildman–Crippen MR) is 104 cm³/mol. The van der Waals surface area contributed by atoms with Gasteiger partial charge in [-0.1, -0.05) is 40.8 Å². The first-order chi connectivity index (χ1) is 13.1. The first kappa shape index (κ1) is 18.1. The maximum Gasteiger partial charge on any atom is 0.278 e. The number of carbonyl (C=O) groups is 1. The molecule has 0 bridgehead atoms. The van der Waals surface area contributed by atoms with Crippen LogP contribution in [0.3, 0.4) is 0 Å². The highest BCUT2D eigenvalue weighted by molar-refractivity contribution is 6.35. The molecule has 1 aliphatic rings. The summed E-state index contributed by atoms with van der Waals surface area (Å²) in [6, 6.07) is 5.33. The van der Waals surface area contributed by atoms with Crippen LogP contribution in [0.2, 0.25) is 10.0 Å². The van der Waals surface area contributed by atoms with Crippen molar-refractivity contribution in [3.8, 4) is 0 Å². The number of hydrogen-bond acceptors (Lipinski definition) is 4. The first-order valence-electron chi connectivity index (χ1n) is 8.85. The molecule has 1 aliphatic carbocycles. The zero-order valence-corrected chi connectivity index (χ0v) is 16.1. The van der Waals surface area contributed by atoms with E-state index >= 15 is 0 Å². The molecule has 0 atom stereocenters. The molecule has 0 saturated heterocycles. The van der Waals surface area contributed by atoms with Gasteiger partial charge < -0.3 is 9.84 Å². The van der Waals surface area contributed by atoms with Crippen molar-refractivity contribution in [3.05, 3.63) is 63.2 Å². The van der Waals surface area contributed by atoms with Gasteiger partial charge in [0.05, 0.1) is 18.4 Å². The fraction of sp³-hybridized carbons (Fsp3) is 0.316. The number of amides is 1. The van der Waals surface area contributed by atoms with Gasteiger partial charge >= 0.3 is 0 Å². The van der Waals surface area contributed by atoms with Gasteiger partial charge in [-0.25, -0.2) is 0 Å². The van der Waals surface area contributed by atoms with Crippen LogP contribution in [0.1, 0.15) is 46.6 Å². The van der Waals surface area contributed by atoms with Gasteiger partial charge in [0.25, 0.3) is 5.91 Å². The summed E-state index contributed by atoms with van der Waals surface area (Å²) < 4.78 is 7.08. The van der Waals surface area contributed by atoms with E-state index < -0.39 is 0 Å². The Morgan fingerprint density at radius 2 is 2.07 bits per heavy atom. The lowest BCUT2D eigenvalue weighted by molar-refractivity contribution is 0.101. The Morgan fingerprint density at radius 3 is 2.93 bits per heavy atom. The van der Waals surface area contributed by atoms with E-state index in [0.29, 0.717) is 28.0 Å². The molecule has 0 aliphatic heterocycles. The van der Waals surface area contributed by atoms with E-state index in [1.54, 1.807) is 29.2 Å². The Kier molecular flexibility index (Phi) is 5.18. The summed E-state index contributed by atoms with van der Waals surface area (Å²) in [7, 11) is 0. The van der Waals surface area contributed by atoms with Crippen LogP contribution >= 0.6 is 23.2 Å². The molecule has 27 heavy (non-hydrogen) atoms. The minimum Gasteiger partial charge on any atom is -0.360 e. The van der Waals surface area contributed by atoms with Gasteiger partial charge in [0.1, 0.15) is 5.76 Å². The highest BCUT2D eigenvalue weighted by atomic mass is 35.5. The van der Waals surface area contributed by atoms with Crippen LogP contribution in [0, 0.1) is 0 Å². The van der Waals surface area contributed by atoms with E-state index in [1.807, 2.05) is 6.07 Å². The van der Waals surface area contributed by atoms with E-state index in [4.69, 9.17) is 27.7 Å². The number of aryl methyl sites for hydroxylation is 1. The summed E-state index contributed by atoms with van der Waals surface area (Å²) in [6.07, 6.45) is 8.29. The van der Waals surface area contributed by atoms with Crippen LogP contribution in [-0.4, -0.2) is 20.8 Å². The number of halogens is 2. The summed E-state index contributed by atoms with van der Waals surface area (Å²) in [5.41, 5.74) is 2.80. The third-order valence-corrected chi connectivity index (χ3v) is 5.24. The molecule has 0 radical (unpaired) electrons. The van der Waals surface area contributed by atoms with E-state index in [2.05, 4.69) is 15.6 Å². The molecule has 2 aromatic heterocycles. The van der Waals surface area contributed by atoms with Crippen molar-refractivity contribution in [2.24, 2.45) is 0 Å². The molecule has 8 heteroatoms. The predicted octanol–water partition coefficient (Wildman–Crippen LogP) is 4.75. The quantitative estimate of drug-likeness (QED) is 0.636. The number of aromatic nitrogens is 3. The number of nitrogens with zero attached hydrogens (tertiary/aromatic N) is 3. The number of hydrogen-bond donors (Lipinski definition) is 1. The molecule has 0 spiro atoms. The standard InChI is InChI=1S/C19H18Cl2N4O2/c20-13-7-6-12(16(21)8-13)10-25-11-14(9-22-25)23-19(26)18-15-4-2-1-3-5-17(15)27-24-18/h6-9,11H,1-5,10H2,(H,23,26). The van der Waals surface area contributed by atoms with Crippen molar-refractivity contribution in [1.82, 2.24) is 14.9 Å². The number of benzene rings is 1. The van der Waals surface area contributed by atoms with Gasteiger partial charge in [-0.2, -0.15) is 5.10 Å². The number of fused-ring (bicyclic) bond motifs is 1. The first-order valence-corrected chi connectivity index (χ1v) is 9.61. The highest BCUT2D eigenvalue weighted by Crippen LogP contribution is 2.25. The zero-order chi connectivity index (χ0) is 18.8. The molecule has 140 valence electrons. The van der Waals surface area contributed by atoms with Crippen molar-refractivity contribution in [2.45, 2.75) is 38.6 Å². The molecule has 1 aromatic carbocycles. The Balaban J connectivity index is 1.46. The second-order valence-corrected chi connectivity index (χ2v) is 7.45. The van der Waals surface area contributed by atoms with Crippen molar-refractivity contribution in [2.75, 3.05) is 5.32 Å². The third kappa shape index (κ3) is 4.01. The van der Waals surface area contributed by atoms with Crippen LogP contribution in [0.15, 0.2) is 35.1 Å². The van der Waals surface area contributed by atoms with Crippen LogP contribution in [0.5, 0.6) is 0 Å². The lowest BCUT2D eigenvalue weighted by Gasteiger charge is -2.05. The van der Waals surface area contributed by atoms with Crippen molar-refractivity contribution in [3.63, 3.8) is 0 Å². The smallest absolute Gasteiger partial charge is 0.278 e. The molecule has 4 rings (SSSR count). The average Bonchev–Trinajstić information content (AvgIpc) is 3.18. The Labute approximate surface area is 166 Å². The van der Waals surface area contributed by atoms with Gasteiger partial charge in [-0.3, -0.25) is 9.48 Å². The number of carbonyl (C=O) groups excluding carboxylic acids is 1. The highest BCUT2D eigenvalue weighted by Gasteiger charge is 2.23. The Bertz CT molecular complexity index is 980. The number of nitrogens with one attached hydrogen (secondary N) is 1. The molecule has 6 nitrogen and oxygen atoms in total. The summed E-state index contributed by atoms with van der Waals surface area (Å²) in [4.78, 5) is 12.6. The fourth-order valence-electron chi connectivity index (χ4n) is 3.27. The van der Waals surface area contributed by atoms with Gasteiger partial charge in [-0.15, -0.1) is 0 Å². The fourth-order valence-corrected chi connectivity index (χ4v) is 3.74. The summed E-state index contributed by atoms with van der Waals surface area (Å²) >= 11 is 12.1. The summed E-state index contributed by atoms with van der Waals surface area (Å²) in [5.74, 6) is 0.566. The average molecular weight is 405 g/mol. The summed E-state index contributed by atoms with van der Waals surface area (Å²) in [6.45, 7) is 0.477. The number of anilines is 1. The van der Waals surface area contributed by atoms with Gasteiger partial charge in [0, 0.05) is 28.2 Å². The normalized spacial score (nSPS) is 13.9. The Morgan fingerprint density at radius 1 is 1.22 bits per heavy atom. The molecule has 0 fully saturated rings. The topological polar surface area (TPSA) is 73.0 Å². The maximum atomic E-state index is 12.6. The van der Waals surface area contributed by atoms with Crippen molar-refractivity contribution < 1.29 is 9.32 Å². The van der Waals surface area contributed by atoms with E-state index in [0.717, 1.165) is 49.0 Å². The minimum atomic E-state index is -0.272. The van der Waals surface area contributed by atoms with E-state index in [9.17, 15) is 4.79 Å². The van der Waals surface area contributed by atoms with Gasteiger partial charge in [0.15, 0.2) is 5.69 Å². The van der Waals surface area contributed by atoms with Crippen LogP contribution in [0.4, 0.5) is 5.69 Å². The van der Waals surface area contributed by atoms with Crippen LogP contribution in [-0.2, 0) is 19.4 Å². The molecule has 2 heterocycles. The van der Waals surface area contributed by atoms with Gasteiger partial charge in [-0.05, 0) is 37.0 Å². The number of rotatable bonds is 4. The lowest BCUT2D eigenvalue weighted by atomic mass is 10.1. The monoisotopic (exact) mass is 404 g/mol. The molecule has 3 aromatic rings. The largest absolute Gasteiger partial charge is 0.360 e.